The van der Waals surface area contributed by atoms with E-state index >= 15 is 0 Å². The van der Waals surface area contributed by atoms with Gasteiger partial charge in [0.25, 0.3) is 0 Å². The summed E-state index contributed by atoms with van der Waals surface area (Å²) >= 11 is 0. The van der Waals surface area contributed by atoms with Crippen molar-refractivity contribution in [3.63, 3.8) is 0 Å². The molecule has 0 atom stereocenters. The van der Waals surface area contributed by atoms with Crippen LogP contribution in [-0.4, -0.2) is 39.1 Å². The molecule has 3 N–H and O–H groups in total. The van der Waals surface area contributed by atoms with Crippen LogP contribution in [0.3, 0.4) is 0 Å². The van der Waals surface area contributed by atoms with E-state index in [1.54, 1.807) is 18.2 Å². The van der Waals surface area contributed by atoms with Gasteiger partial charge in [0, 0.05) is 23.9 Å². The number of nitrogens with two attached hydrogens (primary N) is 1. The summed E-state index contributed by atoms with van der Waals surface area (Å²) in [6.45, 7) is 0.484. The van der Waals surface area contributed by atoms with Crippen molar-refractivity contribution in [2.24, 2.45) is 5.73 Å². The molecule has 2 aromatic heterocycles. The van der Waals surface area contributed by atoms with Gasteiger partial charge in [0.1, 0.15) is 0 Å². The minimum absolute atomic E-state index is 0.113. The van der Waals surface area contributed by atoms with Crippen LogP contribution in [0.5, 0.6) is 0 Å². The van der Waals surface area contributed by atoms with Crippen LogP contribution in [0.25, 0.3) is 16.4 Å². The molecule has 3 aromatic rings. The molecule has 0 radical (unpaired) electrons. The molecule has 3 rings (SSSR count). The average molecular weight is 346 g/mol. The van der Waals surface area contributed by atoms with Crippen molar-refractivity contribution in [1.82, 2.24) is 19.8 Å². The van der Waals surface area contributed by atoms with Gasteiger partial charge in [0.2, 0.25) is 5.82 Å². The summed E-state index contributed by atoms with van der Waals surface area (Å²) < 4.78 is 65.7. The van der Waals surface area contributed by atoms with E-state index < -0.39 is 17.9 Å². The van der Waals surface area contributed by atoms with Crippen LogP contribution in [0.2, 0.25) is 0 Å². The first-order valence-electron chi connectivity index (χ1n) is 6.80. The van der Waals surface area contributed by atoms with Gasteiger partial charge in [-0.2, -0.15) is 26.5 Å². The van der Waals surface area contributed by atoms with Gasteiger partial charge in [-0.3, -0.25) is 0 Å². The molecule has 0 unspecified atom stereocenters. The van der Waals surface area contributed by atoms with Gasteiger partial charge < -0.3 is 11.1 Å². The van der Waals surface area contributed by atoms with Gasteiger partial charge in [0.15, 0.2) is 11.5 Å². The van der Waals surface area contributed by atoms with Gasteiger partial charge in [-0.1, -0.05) is 24.3 Å². The van der Waals surface area contributed by atoms with Crippen LogP contribution < -0.4 is 11.1 Å². The maximum atomic E-state index is 13.7. The minimum atomic E-state index is -5.81. The van der Waals surface area contributed by atoms with Crippen LogP contribution in [0, 0.1) is 0 Å². The van der Waals surface area contributed by atoms with Gasteiger partial charge >= 0.3 is 12.1 Å². The summed E-state index contributed by atoms with van der Waals surface area (Å²) in [5.41, 5.74) is 5.19. The molecule has 24 heavy (non-hydrogen) atoms. The lowest BCUT2D eigenvalue weighted by Crippen LogP contribution is -2.36. The van der Waals surface area contributed by atoms with E-state index in [-0.39, 0.29) is 24.6 Å². The lowest BCUT2D eigenvalue weighted by molar-refractivity contribution is -0.293. The normalized spacial score (nSPS) is 12.9. The zero-order chi connectivity index (χ0) is 17.5. The molecule has 0 amide bonds. The van der Waals surface area contributed by atoms with Crippen LogP contribution in [0.15, 0.2) is 24.3 Å². The Morgan fingerprint density at radius 2 is 1.71 bits per heavy atom. The van der Waals surface area contributed by atoms with E-state index in [0.717, 1.165) is 0 Å². The third-order valence-corrected chi connectivity index (χ3v) is 3.34. The van der Waals surface area contributed by atoms with Crippen molar-refractivity contribution in [2.75, 3.05) is 18.4 Å². The van der Waals surface area contributed by atoms with Crippen molar-refractivity contribution in [3.8, 4) is 0 Å². The van der Waals surface area contributed by atoms with Crippen molar-refractivity contribution in [1.29, 1.82) is 0 Å². The molecule has 0 aliphatic heterocycles. The zero-order valence-electron chi connectivity index (χ0n) is 12.0. The van der Waals surface area contributed by atoms with E-state index in [9.17, 15) is 22.0 Å². The molecular weight excluding hydrogens is 335 g/mol. The Labute approximate surface area is 131 Å². The molecule has 2 heterocycles. The smallest absolute Gasteiger partial charge is 0.367 e. The molecule has 0 fully saturated rings. The second-order valence-electron chi connectivity index (χ2n) is 4.94. The predicted octanol–water partition coefficient (Wildman–Crippen LogP) is 2.30. The SMILES string of the molecule is NCCNc1nn2c(C(F)(F)C(F)(F)F)nnc2c2ccccc12. The number of nitrogens with one attached hydrogen (secondary N) is 1. The highest BCUT2D eigenvalue weighted by molar-refractivity contribution is 5.99. The largest absolute Gasteiger partial charge is 0.461 e. The summed E-state index contributed by atoms with van der Waals surface area (Å²) in [6, 6.07) is 6.45. The van der Waals surface area contributed by atoms with E-state index in [0.29, 0.717) is 15.3 Å². The number of halogens is 5. The fraction of sp³-hybridized carbons (Fsp3) is 0.308. The number of anilines is 1. The van der Waals surface area contributed by atoms with Crippen molar-refractivity contribution < 1.29 is 22.0 Å². The van der Waals surface area contributed by atoms with Crippen LogP contribution >= 0.6 is 0 Å². The fourth-order valence-electron chi connectivity index (χ4n) is 2.22. The molecule has 0 spiro atoms. The predicted molar refractivity (Wildman–Crippen MR) is 75.8 cm³/mol. The highest BCUT2D eigenvalue weighted by Gasteiger charge is 2.62. The van der Waals surface area contributed by atoms with Crippen molar-refractivity contribution in [2.45, 2.75) is 12.1 Å². The van der Waals surface area contributed by atoms with E-state index in [4.69, 9.17) is 5.73 Å². The fourth-order valence-corrected chi connectivity index (χ4v) is 2.22. The molecule has 128 valence electrons. The van der Waals surface area contributed by atoms with Crippen LogP contribution in [-0.2, 0) is 5.92 Å². The Hall–Kier alpha value is -2.56. The van der Waals surface area contributed by atoms with Crippen LogP contribution in [0.1, 0.15) is 5.82 Å². The lowest BCUT2D eigenvalue weighted by Gasteiger charge is -2.17. The van der Waals surface area contributed by atoms with Gasteiger partial charge in [0.05, 0.1) is 0 Å². The summed E-state index contributed by atoms with van der Waals surface area (Å²) in [5, 5.41) is 14.0. The van der Waals surface area contributed by atoms with Gasteiger partial charge in [-0.15, -0.1) is 15.3 Å². The summed E-state index contributed by atoms with van der Waals surface area (Å²) in [6.07, 6.45) is -5.81. The summed E-state index contributed by atoms with van der Waals surface area (Å²) in [5.74, 6) is -6.67. The summed E-state index contributed by atoms with van der Waals surface area (Å²) in [4.78, 5) is 0. The second-order valence-corrected chi connectivity index (χ2v) is 4.94. The standard InChI is InChI=1S/C13H11F5N6/c14-12(15,13(16,17)18)11-22-21-10-8-4-2-1-3-7(8)9(20-6-5-19)23-24(10)11/h1-4H,5-6,19H2,(H,20,23). The highest BCUT2D eigenvalue weighted by atomic mass is 19.4. The molecule has 11 heteroatoms. The molecular formula is C13H11F5N6. The molecule has 0 saturated heterocycles. The first-order chi connectivity index (χ1) is 11.3. The maximum absolute atomic E-state index is 13.7. The number of aromatic nitrogens is 4. The van der Waals surface area contributed by atoms with E-state index in [1.807, 2.05) is 0 Å². The Bertz CT molecular complexity index is 888. The number of benzene rings is 1. The number of alkyl halides is 5. The first-order valence-corrected chi connectivity index (χ1v) is 6.80. The quantitative estimate of drug-likeness (QED) is 0.709. The number of hydrogen-bond acceptors (Lipinski definition) is 5. The molecule has 0 aliphatic carbocycles. The molecule has 1 aromatic carbocycles. The number of nitrogens with zero attached hydrogens (tertiary/aromatic N) is 4. The van der Waals surface area contributed by atoms with E-state index in [2.05, 4.69) is 20.6 Å². The Balaban J connectivity index is 2.31. The zero-order valence-corrected chi connectivity index (χ0v) is 12.0. The topological polar surface area (TPSA) is 81.1 Å². The van der Waals surface area contributed by atoms with E-state index in [1.165, 1.54) is 6.07 Å². The Morgan fingerprint density at radius 3 is 2.33 bits per heavy atom. The summed E-state index contributed by atoms with van der Waals surface area (Å²) in [7, 11) is 0. The second kappa shape index (κ2) is 5.51. The highest BCUT2D eigenvalue weighted by Crippen LogP contribution is 2.43. The average Bonchev–Trinajstić information content (AvgIpc) is 2.96. The number of rotatable bonds is 4. The van der Waals surface area contributed by atoms with Crippen LogP contribution in [0.4, 0.5) is 27.8 Å². The first kappa shape index (κ1) is 16.3. The third-order valence-electron chi connectivity index (χ3n) is 3.34. The number of hydrogen-bond donors (Lipinski definition) is 2. The van der Waals surface area contributed by atoms with Crippen molar-refractivity contribution in [3.05, 3.63) is 30.1 Å². The lowest BCUT2D eigenvalue weighted by atomic mass is 10.2. The minimum Gasteiger partial charge on any atom is -0.367 e. The third kappa shape index (κ3) is 2.40. The Kier molecular flexibility index (Phi) is 3.74. The van der Waals surface area contributed by atoms with Crippen molar-refractivity contribution >= 4 is 22.2 Å². The molecule has 6 nitrogen and oxygen atoms in total. The molecule has 0 bridgehead atoms. The maximum Gasteiger partial charge on any atom is 0.461 e. The molecule has 0 saturated carbocycles. The van der Waals surface area contributed by atoms with Gasteiger partial charge in [-0.05, 0) is 0 Å². The molecule has 0 aliphatic rings. The monoisotopic (exact) mass is 346 g/mol. The van der Waals surface area contributed by atoms with Gasteiger partial charge in [-0.25, -0.2) is 0 Å². The number of fused-ring (bicyclic) bond motifs is 3. The Morgan fingerprint density at radius 1 is 1.04 bits per heavy atom.